The van der Waals surface area contributed by atoms with Gasteiger partial charge in [0, 0.05) is 24.3 Å². The molecule has 6 nitrogen and oxygen atoms in total. The summed E-state index contributed by atoms with van der Waals surface area (Å²) in [5.74, 6) is 1.60. The fourth-order valence-electron chi connectivity index (χ4n) is 1.94. The average molecular weight is 248 g/mol. The number of methoxy groups -OCH3 is 1. The average Bonchev–Trinajstić information content (AvgIpc) is 2.98. The van der Waals surface area contributed by atoms with E-state index >= 15 is 0 Å². The molecule has 1 aliphatic heterocycles. The molecule has 0 aliphatic carbocycles. The van der Waals surface area contributed by atoms with Crippen LogP contribution >= 0.6 is 0 Å². The van der Waals surface area contributed by atoms with E-state index in [2.05, 4.69) is 5.16 Å². The first kappa shape index (κ1) is 10.9. The number of hydrogen-bond acceptors (Lipinski definition) is 6. The van der Waals surface area contributed by atoms with Crippen molar-refractivity contribution in [1.29, 1.82) is 0 Å². The molecular formula is C12H12N2O4. The van der Waals surface area contributed by atoms with Crippen molar-refractivity contribution in [2.45, 2.75) is 6.61 Å². The van der Waals surface area contributed by atoms with Gasteiger partial charge in [-0.3, -0.25) is 0 Å². The van der Waals surface area contributed by atoms with Crippen molar-refractivity contribution in [3.8, 4) is 22.8 Å². The predicted octanol–water partition coefficient (Wildman–Crippen LogP) is 1.80. The fourth-order valence-corrected chi connectivity index (χ4v) is 1.94. The van der Waals surface area contributed by atoms with Gasteiger partial charge in [0.15, 0.2) is 11.5 Å². The molecule has 6 heteroatoms. The highest BCUT2D eigenvalue weighted by molar-refractivity contribution is 5.74. The van der Waals surface area contributed by atoms with E-state index in [1.165, 1.54) is 0 Å². The summed E-state index contributed by atoms with van der Waals surface area (Å²) >= 11 is 0. The van der Waals surface area contributed by atoms with E-state index in [1.54, 1.807) is 13.2 Å². The molecule has 0 unspecified atom stereocenters. The standard InChI is InChI=1S/C12H12N2O4/c1-15-5-7-2-3-8(9-4-10(13)18-14-9)12-11(7)16-6-17-12/h2-4H,5-6,13H2,1H3. The molecule has 0 bridgehead atoms. The van der Waals surface area contributed by atoms with Gasteiger partial charge in [-0.05, 0) is 6.07 Å². The lowest BCUT2D eigenvalue weighted by atomic mass is 10.1. The third-order valence-corrected chi connectivity index (χ3v) is 2.70. The Bertz CT molecular complexity index is 579. The third-order valence-electron chi connectivity index (χ3n) is 2.70. The smallest absolute Gasteiger partial charge is 0.231 e. The predicted molar refractivity (Wildman–Crippen MR) is 63.2 cm³/mol. The zero-order chi connectivity index (χ0) is 12.5. The maximum absolute atomic E-state index is 5.52. The van der Waals surface area contributed by atoms with E-state index in [9.17, 15) is 0 Å². The molecule has 0 spiro atoms. The molecule has 0 saturated carbocycles. The van der Waals surface area contributed by atoms with E-state index < -0.39 is 0 Å². The number of anilines is 1. The molecule has 1 aromatic heterocycles. The zero-order valence-electron chi connectivity index (χ0n) is 9.80. The lowest BCUT2D eigenvalue weighted by Gasteiger charge is -2.07. The molecule has 0 atom stereocenters. The van der Waals surface area contributed by atoms with Crippen LogP contribution < -0.4 is 15.2 Å². The fraction of sp³-hybridized carbons (Fsp3) is 0.250. The van der Waals surface area contributed by atoms with E-state index in [0.29, 0.717) is 23.8 Å². The van der Waals surface area contributed by atoms with Gasteiger partial charge in [-0.25, -0.2) is 0 Å². The van der Waals surface area contributed by atoms with E-state index in [-0.39, 0.29) is 12.7 Å². The Morgan fingerprint density at radius 3 is 2.89 bits per heavy atom. The van der Waals surface area contributed by atoms with Crippen molar-refractivity contribution in [2.75, 3.05) is 19.6 Å². The van der Waals surface area contributed by atoms with Crippen LogP contribution in [0.1, 0.15) is 5.56 Å². The Morgan fingerprint density at radius 1 is 1.33 bits per heavy atom. The minimum atomic E-state index is 0.191. The molecule has 0 saturated heterocycles. The van der Waals surface area contributed by atoms with Gasteiger partial charge in [-0.2, -0.15) is 0 Å². The van der Waals surface area contributed by atoms with Crippen LogP contribution in [-0.4, -0.2) is 19.1 Å². The van der Waals surface area contributed by atoms with Crippen LogP contribution in [0.3, 0.4) is 0 Å². The molecule has 94 valence electrons. The topological polar surface area (TPSA) is 79.7 Å². The molecule has 18 heavy (non-hydrogen) atoms. The number of nitrogens with two attached hydrogens (primary N) is 1. The van der Waals surface area contributed by atoms with Crippen molar-refractivity contribution in [3.63, 3.8) is 0 Å². The van der Waals surface area contributed by atoms with Gasteiger partial charge in [0.1, 0.15) is 5.69 Å². The molecule has 0 radical (unpaired) electrons. The van der Waals surface area contributed by atoms with Crippen LogP contribution in [0.4, 0.5) is 5.88 Å². The highest BCUT2D eigenvalue weighted by Gasteiger charge is 2.24. The number of benzene rings is 1. The van der Waals surface area contributed by atoms with E-state index in [1.807, 2.05) is 12.1 Å². The van der Waals surface area contributed by atoms with Crippen molar-refractivity contribution in [3.05, 3.63) is 23.8 Å². The molecular weight excluding hydrogens is 236 g/mol. The first-order valence-electron chi connectivity index (χ1n) is 5.42. The zero-order valence-corrected chi connectivity index (χ0v) is 9.80. The Kier molecular flexibility index (Phi) is 2.56. The number of aromatic nitrogens is 1. The minimum Gasteiger partial charge on any atom is -0.453 e. The number of nitrogen functional groups attached to an aromatic ring is 1. The Labute approximate surface area is 103 Å². The Balaban J connectivity index is 2.10. The normalized spacial score (nSPS) is 12.9. The number of nitrogens with zero attached hydrogens (tertiary/aromatic N) is 1. The van der Waals surface area contributed by atoms with Gasteiger partial charge >= 0.3 is 0 Å². The molecule has 2 heterocycles. The van der Waals surface area contributed by atoms with Crippen LogP contribution in [0.2, 0.25) is 0 Å². The second-order valence-electron chi connectivity index (χ2n) is 3.88. The number of fused-ring (bicyclic) bond motifs is 1. The number of ether oxygens (including phenoxy) is 3. The summed E-state index contributed by atoms with van der Waals surface area (Å²) in [5.41, 5.74) is 7.87. The van der Waals surface area contributed by atoms with Gasteiger partial charge in [-0.15, -0.1) is 0 Å². The maximum atomic E-state index is 5.52. The second-order valence-corrected chi connectivity index (χ2v) is 3.88. The van der Waals surface area contributed by atoms with Crippen molar-refractivity contribution >= 4 is 5.88 Å². The minimum absolute atomic E-state index is 0.191. The van der Waals surface area contributed by atoms with Crippen LogP contribution in [-0.2, 0) is 11.3 Å². The SMILES string of the molecule is COCc1ccc(-c2cc(N)on2)c2c1OCO2. The van der Waals surface area contributed by atoms with Crippen LogP contribution in [0.25, 0.3) is 11.3 Å². The molecule has 2 aromatic rings. The van der Waals surface area contributed by atoms with Gasteiger partial charge in [0.2, 0.25) is 12.7 Å². The molecule has 3 rings (SSSR count). The number of hydrogen-bond donors (Lipinski definition) is 1. The largest absolute Gasteiger partial charge is 0.453 e. The van der Waals surface area contributed by atoms with Gasteiger partial charge in [-0.1, -0.05) is 11.2 Å². The molecule has 1 aromatic carbocycles. The summed E-state index contributed by atoms with van der Waals surface area (Å²) in [4.78, 5) is 0. The van der Waals surface area contributed by atoms with Crippen LogP contribution in [0, 0.1) is 0 Å². The lowest BCUT2D eigenvalue weighted by Crippen LogP contribution is -1.95. The quantitative estimate of drug-likeness (QED) is 0.892. The van der Waals surface area contributed by atoms with Crippen molar-refractivity contribution < 1.29 is 18.7 Å². The highest BCUT2D eigenvalue weighted by Crippen LogP contribution is 2.43. The highest BCUT2D eigenvalue weighted by atomic mass is 16.7. The maximum Gasteiger partial charge on any atom is 0.231 e. The Hall–Kier alpha value is -2.21. The summed E-state index contributed by atoms with van der Waals surface area (Å²) in [6, 6.07) is 5.45. The van der Waals surface area contributed by atoms with Crippen LogP contribution in [0.5, 0.6) is 11.5 Å². The second kappa shape index (κ2) is 4.23. The summed E-state index contributed by atoms with van der Waals surface area (Å²) < 4.78 is 20.9. The summed E-state index contributed by atoms with van der Waals surface area (Å²) in [7, 11) is 1.63. The number of rotatable bonds is 3. The van der Waals surface area contributed by atoms with E-state index in [4.69, 9.17) is 24.5 Å². The van der Waals surface area contributed by atoms with Crippen LogP contribution in [0.15, 0.2) is 22.7 Å². The molecule has 2 N–H and O–H groups in total. The van der Waals surface area contributed by atoms with E-state index in [0.717, 1.165) is 11.1 Å². The first-order valence-corrected chi connectivity index (χ1v) is 5.42. The summed E-state index contributed by atoms with van der Waals surface area (Å²) in [6.45, 7) is 0.656. The monoisotopic (exact) mass is 248 g/mol. The summed E-state index contributed by atoms with van der Waals surface area (Å²) in [5, 5.41) is 3.87. The van der Waals surface area contributed by atoms with Gasteiger partial charge in [0.05, 0.1) is 6.61 Å². The molecule has 1 aliphatic rings. The first-order chi connectivity index (χ1) is 8.79. The van der Waals surface area contributed by atoms with Crippen molar-refractivity contribution in [1.82, 2.24) is 5.16 Å². The van der Waals surface area contributed by atoms with Gasteiger partial charge in [0.25, 0.3) is 0 Å². The molecule has 0 fully saturated rings. The Morgan fingerprint density at radius 2 is 2.17 bits per heavy atom. The third kappa shape index (κ3) is 1.67. The lowest BCUT2D eigenvalue weighted by molar-refractivity contribution is 0.163. The van der Waals surface area contributed by atoms with Crippen molar-refractivity contribution in [2.24, 2.45) is 0 Å². The molecule has 0 amide bonds. The van der Waals surface area contributed by atoms with Gasteiger partial charge < -0.3 is 24.5 Å². The summed E-state index contributed by atoms with van der Waals surface area (Å²) in [6.07, 6.45) is 0.